The summed E-state index contributed by atoms with van der Waals surface area (Å²) in [7, 11) is 0. The first-order chi connectivity index (χ1) is 25.2. The average Bonchev–Trinajstić information content (AvgIpc) is 3.86. The Labute approximate surface area is 300 Å². The van der Waals surface area contributed by atoms with E-state index < -0.39 is 0 Å². The van der Waals surface area contributed by atoms with Crippen molar-refractivity contribution in [2.24, 2.45) is 5.73 Å². The Balaban J connectivity index is 1.21. The van der Waals surface area contributed by atoms with E-state index in [0.29, 0.717) is 6.54 Å². The number of hydrogen-bond acceptors (Lipinski definition) is 1. The molecule has 0 saturated carbocycles. The largest absolute Gasteiger partial charge is 0.326 e. The molecule has 1 heteroatoms. The van der Waals surface area contributed by atoms with E-state index in [4.69, 9.17) is 5.73 Å². The average molecular weight is 656 g/mol. The lowest BCUT2D eigenvalue weighted by Crippen LogP contribution is -2.27. The molecule has 0 aliphatic heterocycles. The van der Waals surface area contributed by atoms with Gasteiger partial charge in [0.15, 0.2) is 0 Å². The molecule has 0 bridgehead atoms. The first-order valence-corrected chi connectivity index (χ1v) is 18.7. The molecule has 0 radical (unpaired) electrons. The molecule has 3 aliphatic rings. The first-order valence-electron chi connectivity index (χ1n) is 18.7. The normalized spacial score (nSPS) is 16.7. The van der Waals surface area contributed by atoms with Crippen LogP contribution in [-0.2, 0) is 18.4 Å². The minimum atomic E-state index is -0.352. The minimum Gasteiger partial charge on any atom is -0.326 e. The second-order valence-corrected chi connectivity index (χ2v) is 14.6. The van der Waals surface area contributed by atoms with Gasteiger partial charge in [0.1, 0.15) is 0 Å². The van der Waals surface area contributed by atoms with Crippen LogP contribution in [0, 0.1) is 0 Å². The van der Waals surface area contributed by atoms with Crippen LogP contribution < -0.4 is 5.73 Å². The smallest absolute Gasteiger partial charge is 0.0691 e. The standard InChI is InChI=1S/C50H41N/c1-2-3-4-12-32-21-25-38(40-15-7-5-13-36(32)40)33-22-27-44-42-17-9-10-19-46(42)50(48(44)29-33)47-20-11-18-43(47)45-28-23-34(30-49(45)50)39-26-24-35(31-51)37-14-6-8-16-41(37)39/h5-11,13-19,21-30H,2-4,12,20,31,51H2,1H3. The third-order valence-electron chi connectivity index (χ3n) is 12.1. The van der Waals surface area contributed by atoms with Crippen molar-refractivity contribution < 1.29 is 0 Å². The van der Waals surface area contributed by atoms with Crippen LogP contribution in [0.25, 0.3) is 60.5 Å². The first kappa shape index (κ1) is 30.3. The van der Waals surface area contributed by atoms with Gasteiger partial charge in [0.2, 0.25) is 0 Å². The van der Waals surface area contributed by atoms with Crippen molar-refractivity contribution in [1.82, 2.24) is 0 Å². The molecule has 1 spiro atoms. The van der Waals surface area contributed by atoms with Crippen molar-refractivity contribution >= 4 is 27.1 Å². The Hall–Kier alpha value is -5.50. The molecule has 0 heterocycles. The molecule has 51 heavy (non-hydrogen) atoms. The maximum absolute atomic E-state index is 6.20. The summed E-state index contributed by atoms with van der Waals surface area (Å²) in [6.45, 7) is 2.82. The topological polar surface area (TPSA) is 26.0 Å². The molecular formula is C50H41N. The minimum absolute atomic E-state index is 0.352. The van der Waals surface area contributed by atoms with E-state index in [1.54, 1.807) is 0 Å². The summed E-state index contributed by atoms with van der Waals surface area (Å²) in [5.74, 6) is 0. The summed E-state index contributed by atoms with van der Waals surface area (Å²) in [4.78, 5) is 0. The molecule has 0 amide bonds. The highest BCUT2D eigenvalue weighted by atomic mass is 14.5. The number of unbranched alkanes of at least 4 members (excludes halogenated alkanes) is 2. The molecule has 0 fully saturated rings. The fourth-order valence-corrected chi connectivity index (χ4v) is 9.78. The molecule has 1 unspecified atom stereocenters. The van der Waals surface area contributed by atoms with Crippen molar-refractivity contribution in [3.8, 4) is 33.4 Å². The number of rotatable bonds is 7. The van der Waals surface area contributed by atoms with Gasteiger partial charge in [-0.1, -0.05) is 153 Å². The molecule has 1 atom stereocenters. The van der Waals surface area contributed by atoms with Gasteiger partial charge in [0, 0.05) is 6.54 Å². The third-order valence-corrected chi connectivity index (χ3v) is 12.1. The molecule has 1 nitrogen and oxygen atoms in total. The van der Waals surface area contributed by atoms with E-state index in [1.165, 1.54) is 119 Å². The Morgan fingerprint density at radius 2 is 1.10 bits per heavy atom. The van der Waals surface area contributed by atoms with E-state index >= 15 is 0 Å². The monoisotopic (exact) mass is 655 g/mol. The lowest BCUT2D eigenvalue weighted by atomic mass is 9.68. The molecule has 3 aliphatic carbocycles. The van der Waals surface area contributed by atoms with Crippen molar-refractivity contribution in [3.05, 3.63) is 185 Å². The zero-order valence-corrected chi connectivity index (χ0v) is 29.2. The molecule has 0 aromatic heterocycles. The molecule has 7 aromatic rings. The Morgan fingerprint density at radius 3 is 1.80 bits per heavy atom. The van der Waals surface area contributed by atoms with Crippen LogP contribution in [-0.4, -0.2) is 0 Å². The van der Waals surface area contributed by atoms with Crippen molar-refractivity contribution in [2.75, 3.05) is 0 Å². The molecule has 246 valence electrons. The van der Waals surface area contributed by atoms with Crippen LogP contribution in [0.1, 0.15) is 66.0 Å². The van der Waals surface area contributed by atoms with Gasteiger partial charge in [0.05, 0.1) is 5.41 Å². The van der Waals surface area contributed by atoms with Gasteiger partial charge < -0.3 is 5.73 Å². The Morgan fingerprint density at radius 1 is 0.529 bits per heavy atom. The van der Waals surface area contributed by atoms with Crippen molar-refractivity contribution in [1.29, 1.82) is 0 Å². The van der Waals surface area contributed by atoms with Gasteiger partial charge >= 0.3 is 0 Å². The highest BCUT2D eigenvalue weighted by Gasteiger charge is 2.53. The SMILES string of the molecule is CCCCCc1ccc(-c2ccc3c(c2)C2(C4=C(C=CC4)c4ccc(-c5ccc(CN)c6ccccc56)cc42)c2ccccc2-3)c2ccccc12. The quantitative estimate of drug-likeness (QED) is 0.170. The maximum Gasteiger partial charge on any atom is 0.0691 e. The summed E-state index contributed by atoms with van der Waals surface area (Å²) < 4.78 is 0. The van der Waals surface area contributed by atoms with E-state index in [1.807, 2.05) is 0 Å². The molecule has 10 rings (SSSR count). The zero-order valence-electron chi connectivity index (χ0n) is 29.2. The van der Waals surface area contributed by atoms with Gasteiger partial charge in [-0.25, -0.2) is 0 Å². The highest BCUT2D eigenvalue weighted by molar-refractivity contribution is 6.03. The number of hydrogen-bond donors (Lipinski definition) is 1. The van der Waals surface area contributed by atoms with Crippen LogP contribution in [0.15, 0.2) is 151 Å². The maximum atomic E-state index is 6.20. The number of aryl methyl sites for hydroxylation is 1. The van der Waals surface area contributed by atoms with Gasteiger partial charge in [-0.15, -0.1) is 0 Å². The second kappa shape index (κ2) is 11.8. The molecule has 0 saturated heterocycles. The van der Waals surface area contributed by atoms with E-state index in [-0.39, 0.29) is 5.41 Å². The van der Waals surface area contributed by atoms with E-state index in [2.05, 4.69) is 153 Å². The summed E-state index contributed by atoms with van der Waals surface area (Å²) in [5, 5.41) is 5.23. The van der Waals surface area contributed by atoms with Crippen molar-refractivity contribution in [3.63, 3.8) is 0 Å². The zero-order chi connectivity index (χ0) is 34.1. The summed E-state index contributed by atoms with van der Waals surface area (Å²) in [5.41, 5.74) is 24.8. The number of nitrogens with two attached hydrogens (primary N) is 1. The van der Waals surface area contributed by atoms with E-state index in [0.717, 1.165) is 12.8 Å². The lowest BCUT2D eigenvalue weighted by molar-refractivity contribution is 0.720. The fraction of sp³-hybridized carbons (Fsp3) is 0.160. The van der Waals surface area contributed by atoms with Crippen LogP contribution in [0.3, 0.4) is 0 Å². The summed E-state index contributed by atoms with van der Waals surface area (Å²) >= 11 is 0. The lowest BCUT2D eigenvalue weighted by Gasteiger charge is -2.33. The molecular weight excluding hydrogens is 615 g/mol. The third kappa shape index (κ3) is 4.31. The predicted octanol–water partition coefficient (Wildman–Crippen LogP) is 12.6. The van der Waals surface area contributed by atoms with Crippen LogP contribution in [0.4, 0.5) is 0 Å². The van der Waals surface area contributed by atoms with Crippen LogP contribution >= 0.6 is 0 Å². The number of fused-ring (bicyclic) bond motifs is 11. The Bertz CT molecular complexity index is 2620. The van der Waals surface area contributed by atoms with Crippen LogP contribution in [0.5, 0.6) is 0 Å². The summed E-state index contributed by atoms with van der Waals surface area (Å²) in [6, 6.07) is 50.8. The van der Waals surface area contributed by atoms with Crippen molar-refractivity contribution in [2.45, 2.75) is 51.0 Å². The van der Waals surface area contributed by atoms with Crippen LogP contribution in [0.2, 0.25) is 0 Å². The van der Waals surface area contributed by atoms with Gasteiger partial charge in [0.25, 0.3) is 0 Å². The van der Waals surface area contributed by atoms with Gasteiger partial charge in [-0.05, 0) is 131 Å². The summed E-state index contributed by atoms with van der Waals surface area (Å²) in [6.07, 6.45) is 10.6. The van der Waals surface area contributed by atoms with E-state index in [9.17, 15) is 0 Å². The number of allylic oxidation sites excluding steroid dienone is 4. The predicted molar refractivity (Wildman–Crippen MR) is 216 cm³/mol. The number of benzene rings is 7. The Kier molecular flexibility index (Phi) is 7.01. The van der Waals surface area contributed by atoms with Gasteiger partial charge in [-0.3, -0.25) is 0 Å². The molecule has 2 N–H and O–H groups in total. The second-order valence-electron chi connectivity index (χ2n) is 14.6. The van der Waals surface area contributed by atoms with Gasteiger partial charge in [-0.2, -0.15) is 0 Å². The molecule has 7 aromatic carbocycles. The fourth-order valence-electron chi connectivity index (χ4n) is 9.78. The highest BCUT2D eigenvalue weighted by Crippen LogP contribution is 2.64.